The van der Waals surface area contributed by atoms with Gasteiger partial charge in [0, 0.05) is 18.5 Å². The van der Waals surface area contributed by atoms with Crippen LogP contribution < -0.4 is 4.72 Å². The van der Waals surface area contributed by atoms with Crippen molar-refractivity contribution in [2.24, 2.45) is 0 Å². The van der Waals surface area contributed by atoms with E-state index < -0.39 is 16.0 Å². The summed E-state index contributed by atoms with van der Waals surface area (Å²) in [5, 5.41) is 10.1. The lowest BCUT2D eigenvalue weighted by Gasteiger charge is -2.18. The average molecular weight is 305 g/mol. The molecule has 0 aliphatic heterocycles. The van der Waals surface area contributed by atoms with Crippen LogP contribution in [0.4, 0.5) is 0 Å². The SMILES string of the molecule is COC1CCCC1NS(=O)(=O)c1cc(C(=O)O)cs1. The number of nitrogens with one attached hydrogen (secondary N) is 1. The first-order chi connectivity index (χ1) is 8.94. The van der Waals surface area contributed by atoms with Crippen LogP contribution in [-0.2, 0) is 14.8 Å². The molecule has 2 unspecified atom stereocenters. The quantitative estimate of drug-likeness (QED) is 0.855. The molecule has 0 bridgehead atoms. The molecule has 6 nitrogen and oxygen atoms in total. The Balaban J connectivity index is 2.15. The average Bonchev–Trinajstić information content (AvgIpc) is 2.95. The Hall–Kier alpha value is -0.960. The monoisotopic (exact) mass is 305 g/mol. The minimum absolute atomic E-state index is 0.0138. The number of hydrogen-bond acceptors (Lipinski definition) is 5. The topological polar surface area (TPSA) is 92.7 Å². The summed E-state index contributed by atoms with van der Waals surface area (Å²) < 4.78 is 32.1. The maximum Gasteiger partial charge on any atom is 0.336 e. The molecular formula is C11H15NO5S2. The lowest BCUT2D eigenvalue weighted by Crippen LogP contribution is -2.40. The molecule has 1 fully saturated rings. The summed E-state index contributed by atoms with van der Waals surface area (Å²) in [4.78, 5) is 10.8. The van der Waals surface area contributed by atoms with E-state index in [0.717, 1.165) is 30.6 Å². The third-order valence-electron chi connectivity index (χ3n) is 3.15. The van der Waals surface area contributed by atoms with Crippen LogP contribution in [0.25, 0.3) is 0 Å². The van der Waals surface area contributed by atoms with Crippen molar-refractivity contribution in [3.63, 3.8) is 0 Å². The molecule has 1 saturated carbocycles. The zero-order valence-electron chi connectivity index (χ0n) is 10.3. The second-order valence-electron chi connectivity index (χ2n) is 4.39. The molecule has 1 heterocycles. The number of rotatable bonds is 5. The third kappa shape index (κ3) is 3.14. The first kappa shape index (κ1) is 14.4. The zero-order valence-corrected chi connectivity index (χ0v) is 12.0. The number of aromatic carboxylic acids is 1. The molecule has 2 N–H and O–H groups in total. The van der Waals surface area contributed by atoms with Crippen molar-refractivity contribution in [1.82, 2.24) is 4.72 Å². The molecule has 0 saturated heterocycles. The highest BCUT2D eigenvalue weighted by molar-refractivity contribution is 7.91. The number of carbonyl (C=O) groups is 1. The Kier molecular flexibility index (Phi) is 4.24. The molecule has 2 rings (SSSR count). The van der Waals surface area contributed by atoms with E-state index in [1.807, 2.05) is 0 Å². The van der Waals surface area contributed by atoms with Crippen LogP contribution in [-0.4, -0.2) is 38.7 Å². The predicted molar refractivity (Wildman–Crippen MR) is 70.0 cm³/mol. The zero-order chi connectivity index (χ0) is 14.0. The Bertz CT molecular complexity index is 565. The number of hydrogen-bond donors (Lipinski definition) is 2. The number of thiophene rings is 1. The molecule has 1 aromatic rings. The Morgan fingerprint density at radius 3 is 2.84 bits per heavy atom. The second kappa shape index (κ2) is 5.58. The molecule has 8 heteroatoms. The fourth-order valence-electron chi connectivity index (χ4n) is 2.17. The van der Waals surface area contributed by atoms with Crippen LogP contribution in [0, 0.1) is 0 Å². The highest BCUT2D eigenvalue weighted by Gasteiger charge is 2.32. The van der Waals surface area contributed by atoms with Crippen LogP contribution >= 0.6 is 11.3 Å². The van der Waals surface area contributed by atoms with Crippen molar-refractivity contribution in [2.45, 2.75) is 35.6 Å². The first-order valence-electron chi connectivity index (χ1n) is 5.81. The standard InChI is InChI=1S/C11H15NO5S2/c1-17-9-4-2-3-8(9)12-19(15,16)10-5-7(6-18-10)11(13)14/h5-6,8-9,12H,2-4H2,1H3,(H,13,14). The fourth-order valence-corrected chi connectivity index (χ4v) is 4.64. The van der Waals surface area contributed by atoms with Crippen LogP contribution in [0.1, 0.15) is 29.6 Å². The van der Waals surface area contributed by atoms with E-state index >= 15 is 0 Å². The van der Waals surface area contributed by atoms with Gasteiger partial charge in [0.15, 0.2) is 0 Å². The Morgan fingerprint density at radius 1 is 1.53 bits per heavy atom. The summed E-state index contributed by atoms with van der Waals surface area (Å²) in [6.07, 6.45) is 2.36. The largest absolute Gasteiger partial charge is 0.478 e. The molecule has 19 heavy (non-hydrogen) atoms. The molecule has 0 radical (unpaired) electrons. The molecule has 1 aliphatic rings. The van der Waals surface area contributed by atoms with Gasteiger partial charge in [0.1, 0.15) is 4.21 Å². The molecule has 0 aromatic carbocycles. The van der Waals surface area contributed by atoms with Gasteiger partial charge in [0.05, 0.1) is 11.7 Å². The van der Waals surface area contributed by atoms with Gasteiger partial charge >= 0.3 is 5.97 Å². The molecule has 0 spiro atoms. The summed E-state index contributed by atoms with van der Waals surface area (Å²) in [6.45, 7) is 0. The maximum absolute atomic E-state index is 12.1. The van der Waals surface area contributed by atoms with Gasteiger partial charge in [0.2, 0.25) is 10.0 Å². The molecule has 106 valence electrons. The lowest BCUT2D eigenvalue weighted by atomic mass is 10.2. The lowest BCUT2D eigenvalue weighted by molar-refractivity contribution is 0.0697. The van der Waals surface area contributed by atoms with Gasteiger partial charge in [-0.15, -0.1) is 11.3 Å². The van der Waals surface area contributed by atoms with Crippen molar-refractivity contribution < 1.29 is 23.1 Å². The van der Waals surface area contributed by atoms with Gasteiger partial charge in [-0.05, 0) is 25.3 Å². The molecule has 0 amide bonds. The van der Waals surface area contributed by atoms with E-state index in [1.165, 1.54) is 11.4 Å². The van der Waals surface area contributed by atoms with E-state index in [2.05, 4.69) is 4.72 Å². The summed E-state index contributed by atoms with van der Waals surface area (Å²) in [7, 11) is -2.11. The minimum atomic E-state index is -3.67. The van der Waals surface area contributed by atoms with E-state index in [-0.39, 0.29) is 21.9 Å². The second-order valence-corrected chi connectivity index (χ2v) is 7.24. The Labute approximate surface area is 115 Å². The summed E-state index contributed by atoms with van der Waals surface area (Å²) >= 11 is 0.905. The summed E-state index contributed by atoms with van der Waals surface area (Å²) in [5.74, 6) is -1.13. The van der Waals surface area contributed by atoms with E-state index in [0.29, 0.717) is 0 Å². The number of carboxylic acid groups (broad SMARTS) is 1. The van der Waals surface area contributed by atoms with Gasteiger partial charge in [-0.25, -0.2) is 17.9 Å². The highest BCUT2D eigenvalue weighted by atomic mass is 32.2. The smallest absolute Gasteiger partial charge is 0.336 e. The summed E-state index contributed by atoms with van der Waals surface area (Å²) in [6, 6.07) is 0.928. The molecular weight excluding hydrogens is 290 g/mol. The fraction of sp³-hybridized carbons (Fsp3) is 0.545. The van der Waals surface area contributed by atoms with Crippen LogP contribution in [0.5, 0.6) is 0 Å². The summed E-state index contributed by atoms with van der Waals surface area (Å²) in [5.41, 5.74) is -0.0138. The van der Waals surface area contributed by atoms with E-state index in [1.54, 1.807) is 7.11 Å². The number of ether oxygens (including phenoxy) is 1. The number of carboxylic acids is 1. The van der Waals surface area contributed by atoms with Gasteiger partial charge < -0.3 is 9.84 Å². The number of sulfonamides is 1. The van der Waals surface area contributed by atoms with Crippen LogP contribution in [0.3, 0.4) is 0 Å². The van der Waals surface area contributed by atoms with Gasteiger partial charge in [-0.3, -0.25) is 0 Å². The van der Waals surface area contributed by atoms with Gasteiger partial charge in [0.25, 0.3) is 0 Å². The first-order valence-corrected chi connectivity index (χ1v) is 8.17. The predicted octanol–water partition coefficient (Wildman–Crippen LogP) is 1.29. The van der Waals surface area contributed by atoms with Crippen LogP contribution in [0.2, 0.25) is 0 Å². The van der Waals surface area contributed by atoms with E-state index in [9.17, 15) is 13.2 Å². The minimum Gasteiger partial charge on any atom is -0.478 e. The number of methoxy groups -OCH3 is 1. The van der Waals surface area contributed by atoms with Crippen molar-refractivity contribution in [2.75, 3.05) is 7.11 Å². The van der Waals surface area contributed by atoms with Gasteiger partial charge in [-0.1, -0.05) is 0 Å². The van der Waals surface area contributed by atoms with Crippen molar-refractivity contribution in [1.29, 1.82) is 0 Å². The van der Waals surface area contributed by atoms with Crippen molar-refractivity contribution in [3.8, 4) is 0 Å². The van der Waals surface area contributed by atoms with Crippen molar-refractivity contribution >= 4 is 27.3 Å². The van der Waals surface area contributed by atoms with Crippen molar-refractivity contribution in [3.05, 3.63) is 17.0 Å². The van der Waals surface area contributed by atoms with Crippen LogP contribution in [0.15, 0.2) is 15.7 Å². The highest BCUT2D eigenvalue weighted by Crippen LogP contribution is 2.25. The Morgan fingerprint density at radius 2 is 2.26 bits per heavy atom. The third-order valence-corrected chi connectivity index (χ3v) is 6.08. The molecule has 2 atom stereocenters. The normalized spacial score (nSPS) is 23.6. The van der Waals surface area contributed by atoms with Gasteiger partial charge in [-0.2, -0.15) is 0 Å². The molecule has 1 aromatic heterocycles. The van der Waals surface area contributed by atoms with E-state index in [4.69, 9.17) is 9.84 Å². The maximum atomic E-state index is 12.1. The molecule has 1 aliphatic carbocycles.